The highest BCUT2D eigenvalue weighted by Gasteiger charge is 2.71. The molecule has 0 aromatic carbocycles. The standard InChI is InChI=1S/C10H15NO2/c1-13-9(12)11-10-3-2-6-4-7(10)8(10)5-6/h6-8H,2-5H2,1H3,(H,11,12). The van der Waals surface area contributed by atoms with Crippen LogP contribution in [0.5, 0.6) is 0 Å². The largest absolute Gasteiger partial charge is 0.453 e. The van der Waals surface area contributed by atoms with Gasteiger partial charge in [-0.3, -0.25) is 0 Å². The van der Waals surface area contributed by atoms with Crippen LogP contribution < -0.4 is 5.32 Å². The summed E-state index contributed by atoms with van der Waals surface area (Å²) < 4.78 is 4.66. The lowest BCUT2D eigenvalue weighted by Gasteiger charge is -2.31. The molecule has 2 unspecified atom stereocenters. The van der Waals surface area contributed by atoms with Gasteiger partial charge in [0.1, 0.15) is 0 Å². The van der Waals surface area contributed by atoms with E-state index in [0.29, 0.717) is 0 Å². The maximum absolute atomic E-state index is 11.1. The van der Waals surface area contributed by atoms with E-state index in [0.717, 1.165) is 17.8 Å². The Kier molecular flexibility index (Phi) is 1.29. The van der Waals surface area contributed by atoms with Gasteiger partial charge < -0.3 is 10.1 Å². The van der Waals surface area contributed by atoms with Gasteiger partial charge in [-0.2, -0.15) is 0 Å². The number of amides is 1. The first-order chi connectivity index (χ1) is 6.26. The lowest BCUT2D eigenvalue weighted by Crippen LogP contribution is -2.44. The van der Waals surface area contributed by atoms with Gasteiger partial charge in [-0.25, -0.2) is 4.79 Å². The first-order valence-corrected chi connectivity index (χ1v) is 5.12. The monoisotopic (exact) mass is 181 g/mol. The van der Waals surface area contributed by atoms with Crippen molar-refractivity contribution in [2.75, 3.05) is 7.11 Å². The highest BCUT2D eigenvalue weighted by Crippen LogP contribution is 2.69. The highest BCUT2D eigenvalue weighted by atomic mass is 16.5. The predicted octanol–water partition coefficient (Wildman–Crippen LogP) is 1.53. The summed E-state index contributed by atoms with van der Waals surface area (Å²) in [4.78, 5) is 11.1. The van der Waals surface area contributed by atoms with Crippen molar-refractivity contribution in [2.45, 2.75) is 31.2 Å². The fraction of sp³-hybridized carbons (Fsp3) is 0.900. The first-order valence-electron chi connectivity index (χ1n) is 5.12. The van der Waals surface area contributed by atoms with Crippen molar-refractivity contribution < 1.29 is 9.53 Å². The molecule has 0 radical (unpaired) electrons. The van der Waals surface area contributed by atoms with Crippen LogP contribution >= 0.6 is 0 Å². The molecule has 1 N–H and O–H groups in total. The van der Waals surface area contributed by atoms with Gasteiger partial charge in [-0.15, -0.1) is 0 Å². The van der Waals surface area contributed by atoms with E-state index in [2.05, 4.69) is 10.1 Å². The number of carbonyl (C=O) groups excluding carboxylic acids is 1. The summed E-state index contributed by atoms with van der Waals surface area (Å²) in [6, 6.07) is 0. The van der Waals surface area contributed by atoms with Crippen LogP contribution in [-0.2, 0) is 4.74 Å². The Bertz CT molecular complexity index is 252. The quantitative estimate of drug-likeness (QED) is 0.666. The van der Waals surface area contributed by atoms with Crippen molar-refractivity contribution in [3.8, 4) is 0 Å². The molecule has 72 valence electrons. The van der Waals surface area contributed by atoms with Crippen LogP contribution in [0.25, 0.3) is 0 Å². The van der Waals surface area contributed by atoms with Gasteiger partial charge in [-0.1, -0.05) is 0 Å². The van der Waals surface area contributed by atoms with E-state index in [9.17, 15) is 4.79 Å². The second-order valence-electron chi connectivity index (χ2n) is 4.75. The highest BCUT2D eigenvalue weighted by molar-refractivity contribution is 5.69. The molecule has 3 heteroatoms. The molecule has 0 heterocycles. The van der Waals surface area contributed by atoms with Crippen LogP contribution in [0.2, 0.25) is 0 Å². The Labute approximate surface area is 77.8 Å². The van der Waals surface area contributed by atoms with Crippen molar-refractivity contribution >= 4 is 6.09 Å². The molecule has 4 aliphatic carbocycles. The topological polar surface area (TPSA) is 38.3 Å². The summed E-state index contributed by atoms with van der Waals surface area (Å²) >= 11 is 0. The molecule has 0 aliphatic heterocycles. The van der Waals surface area contributed by atoms with Gasteiger partial charge >= 0.3 is 6.09 Å². The fourth-order valence-electron chi connectivity index (χ4n) is 3.71. The zero-order valence-electron chi connectivity index (χ0n) is 7.88. The van der Waals surface area contributed by atoms with E-state index in [1.165, 1.54) is 32.8 Å². The average Bonchev–Trinajstić information content (AvgIpc) is 2.57. The summed E-state index contributed by atoms with van der Waals surface area (Å²) in [6.45, 7) is 0. The molecular weight excluding hydrogens is 166 g/mol. The third-order valence-corrected chi connectivity index (χ3v) is 4.36. The van der Waals surface area contributed by atoms with E-state index in [1.54, 1.807) is 0 Å². The zero-order valence-corrected chi connectivity index (χ0v) is 7.88. The molecule has 4 rings (SSSR count). The van der Waals surface area contributed by atoms with Gasteiger partial charge in [0.2, 0.25) is 0 Å². The number of alkyl carbamates (subject to hydrolysis) is 1. The minimum Gasteiger partial charge on any atom is -0.453 e. The number of carbonyl (C=O) groups is 1. The smallest absolute Gasteiger partial charge is 0.407 e. The van der Waals surface area contributed by atoms with Crippen LogP contribution in [0.15, 0.2) is 0 Å². The Morgan fingerprint density at radius 3 is 2.69 bits per heavy atom. The Morgan fingerprint density at radius 2 is 2.15 bits per heavy atom. The second-order valence-corrected chi connectivity index (χ2v) is 4.75. The average molecular weight is 181 g/mol. The fourth-order valence-corrected chi connectivity index (χ4v) is 3.71. The molecule has 0 saturated heterocycles. The minimum absolute atomic E-state index is 0.168. The third kappa shape index (κ3) is 0.825. The first kappa shape index (κ1) is 7.65. The zero-order chi connectivity index (χ0) is 9.05. The van der Waals surface area contributed by atoms with Crippen LogP contribution in [0.4, 0.5) is 4.79 Å². The van der Waals surface area contributed by atoms with Crippen LogP contribution in [0.1, 0.15) is 25.7 Å². The number of ether oxygens (including phenoxy) is 1. The number of hydrogen-bond acceptors (Lipinski definition) is 2. The Hall–Kier alpha value is -0.730. The SMILES string of the molecule is COC(=O)NC12CCC3CC1C2C3. The lowest BCUT2D eigenvalue weighted by molar-refractivity contribution is 0.151. The van der Waals surface area contributed by atoms with Crippen molar-refractivity contribution in [2.24, 2.45) is 17.8 Å². The van der Waals surface area contributed by atoms with Gasteiger partial charge in [-0.05, 0) is 43.4 Å². The predicted molar refractivity (Wildman–Crippen MR) is 47.2 cm³/mol. The number of methoxy groups -OCH3 is 1. The second kappa shape index (κ2) is 2.20. The normalized spacial score (nSPS) is 50.1. The van der Waals surface area contributed by atoms with Crippen LogP contribution in [0, 0.1) is 17.8 Å². The Balaban J connectivity index is 1.74. The number of hydrogen-bond donors (Lipinski definition) is 1. The minimum atomic E-state index is -0.243. The van der Waals surface area contributed by atoms with Crippen molar-refractivity contribution in [3.05, 3.63) is 0 Å². The molecular formula is C10H15NO2. The van der Waals surface area contributed by atoms with E-state index < -0.39 is 0 Å². The van der Waals surface area contributed by atoms with Crippen molar-refractivity contribution in [1.82, 2.24) is 5.32 Å². The summed E-state index contributed by atoms with van der Waals surface area (Å²) in [5.74, 6) is 2.53. The lowest BCUT2D eigenvalue weighted by atomic mass is 9.81. The van der Waals surface area contributed by atoms with E-state index in [4.69, 9.17) is 0 Å². The molecule has 13 heavy (non-hydrogen) atoms. The van der Waals surface area contributed by atoms with Gasteiger partial charge in [0.15, 0.2) is 0 Å². The third-order valence-electron chi connectivity index (χ3n) is 4.36. The molecule has 2 atom stereocenters. The van der Waals surface area contributed by atoms with E-state index in [-0.39, 0.29) is 11.6 Å². The molecule has 4 aliphatic rings. The summed E-state index contributed by atoms with van der Waals surface area (Å²) in [5.41, 5.74) is 0.168. The van der Waals surface area contributed by atoms with Crippen LogP contribution in [-0.4, -0.2) is 18.7 Å². The molecule has 1 amide bonds. The summed E-state index contributed by atoms with van der Waals surface area (Å²) in [7, 11) is 1.44. The molecule has 0 aromatic rings. The molecule has 4 fully saturated rings. The van der Waals surface area contributed by atoms with Crippen molar-refractivity contribution in [3.63, 3.8) is 0 Å². The maximum atomic E-state index is 11.1. The van der Waals surface area contributed by atoms with Crippen LogP contribution in [0.3, 0.4) is 0 Å². The summed E-state index contributed by atoms with van der Waals surface area (Å²) in [6.07, 6.45) is 4.93. The van der Waals surface area contributed by atoms with E-state index in [1.807, 2.05) is 0 Å². The van der Waals surface area contributed by atoms with Gasteiger partial charge in [0, 0.05) is 5.54 Å². The van der Waals surface area contributed by atoms with E-state index >= 15 is 0 Å². The Morgan fingerprint density at radius 1 is 1.46 bits per heavy atom. The van der Waals surface area contributed by atoms with Gasteiger partial charge in [0.25, 0.3) is 0 Å². The number of fused-ring (bicyclic) bond motifs is 1. The van der Waals surface area contributed by atoms with Gasteiger partial charge in [0.05, 0.1) is 7.11 Å². The molecule has 0 aromatic heterocycles. The molecule has 0 spiro atoms. The number of rotatable bonds is 1. The molecule has 4 bridgehead atoms. The molecule has 4 saturated carbocycles. The summed E-state index contributed by atoms with van der Waals surface area (Å²) in [5, 5.41) is 3.05. The number of nitrogens with one attached hydrogen (secondary N) is 1. The van der Waals surface area contributed by atoms with Crippen molar-refractivity contribution in [1.29, 1.82) is 0 Å². The maximum Gasteiger partial charge on any atom is 0.407 e. The molecule has 3 nitrogen and oxygen atoms in total.